The Morgan fingerprint density at radius 3 is 2.42 bits per heavy atom. The molecule has 6 radical (unpaired) electrons. The Labute approximate surface area is 195 Å². The molecule has 160 valence electrons. The number of phenolic OH excluding ortho intramolecular Hbond substituents is 1. The first-order valence-electron chi connectivity index (χ1n) is 9.54. The van der Waals surface area contributed by atoms with Crippen LogP contribution in [0, 0.1) is 0 Å². The molecule has 3 N–H and O–H groups in total. The van der Waals surface area contributed by atoms with E-state index < -0.39 is 36.4 Å². The van der Waals surface area contributed by atoms with Crippen LogP contribution < -0.4 is 10.6 Å². The third kappa shape index (κ3) is 4.47. The van der Waals surface area contributed by atoms with E-state index in [0.29, 0.717) is 11.5 Å². The van der Waals surface area contributed by atoms with E-state index in [1.165, 1.54) is 12.1 Å². The highest BCUT2D eigenvalue weighted by atomic mass is 35.5. The molecule has 1 saturated heterocycles. The normalized spacial score (nSPS) is 21.4. The number of carbonyl (C=O) groups is 1. The molecular formula is C18H19B3Cl2N2O5S. The van der Waals surface area contributed by atoms with Crippen molar-refractivity contribution < 1.29 is 23.1 Å². The largest absolute Gasteiger partial charge is 0.504 e. The lowest BCUT2D eigenvalue weighted by Gasteiger charge is -2.47. The van der Waals surface area contributed by atoms with Crippen molar-refractivity contribution in [2.75, 3.05) is 18.5 Å². The highest BCUT2D eigenvalue weighted by molar-refractivity contribution is 7.93. The number of ether oxygens (including phenoxy) is 1. The van der Waals surface area contributed by atoms with Crippen molar-refractivity contribution in [2.24, 2.45) is 0 Å². The number of halogens is 2. The second-order valence-electron chi connectivity index (χ2n) is 7.63. The number of urea groups is 1. The smallest absolute Gasteiger partial charge is 0.319 e. The molecule has 3 rings (SSSR count). The van der Waals surface area contributed by atoms with Crippen molar-refractivity contribution in [2.45, 2.75) is 46.5 Å². The standard InChI is InChI=1S/C18H19B3Cl2N2O5S/c19-18(20,21)17(6-8-30-9-7-17)31(28,29)15-11(23)4-5-13(14(15)26)25-16(27)24-12-3-1-2-10(12)22/h2,4-5,12,26H,1,3,6-9H2,(H2,24,25,27)/t12-/m1/s1. The predicted octanol–water partition coefficient (Wildman–Crippen LogP) is 2.35. The molecule has 0 bridgehead atoms. The molecule has 1 aromatic carbocycles. The van der Waals surface area contributed by atoms with Crippen molar-refractivity contribution in [1.82, 2.24) is 5.32 Å². The number of amides is 2. The van der Waals surface area contributed by atoms with Crippen molar-refractivity contribution in [3.63, 3.8) is 0 Å². The number of allylic oxidation sites excluding steroid dienone is 1. The minimum absolute atomic E-state index is 0.0565. The third-order valence-corrected chi connectivity index (χ3v) is 9.22. The Balaban J connectivity index is 1.98. The molecule has 1 fully saturated rings. The van der Waals surface area contributed by atoms with Gasteiger partial charge in [0, 0.05) is 18.2 Å². The Bertz CT molecular complexity index is 1010. The summed E-state index contributed by atoms with van der Waals surface area (Å²) >= 11 is 12.2. The molecule has 1 atom stereocenters. The van der Waals surface area contributed by atoms with E-state index in [1.807, 2.05) is 0 Å². The van der Waals surface area contributed by atoms with Gasteiger partial charge in [-0.3, -0.25) is 0 Å². The van der Waals surface area contributed by atoms with Gasteiger partial charge in [0.05, 0.1) is 45.0 Å². The van der Waals surface area contributed by atoms with Gasteiger partial charge in [-0.15, -0.1) is 5.11 Å². The van der Waals surface area contributed by atoms with Gasteiger partial charge in [-0.25, -0.2) is 13.2 Å². The summed E-state index contributed by atoms with van der Waals surface area (Å²) in [6, 6.07) is 1.48. The zero-order chi connectivity index (χ0) is 23.0. The maximum absolute atomic E-state index is 13.7. The average molecular weight is 479 g/mol. The van der Waals surface area contributed by atoms with Gasteiger partial charge in [0.25, 0.3) is 0 Å². The van der Waals surface area contributed by atoms with Gasteiger partial charge in [0.1, 0.15) is 4.90 Å². The Morgan fingerprint density at radius 2 is 1.87 bits per heavy atom. The molecule has 1 heterocycles. The zero-order valence-corrected chi connectivity index (χ0v) is 18.9. The maximum Gasteiger partial charge on any atom is 0.319 e. The number of nitrogens with one attached hydrogen (secondary N) is 2. The van der Waals surface area contributed by atoms with Crippen LogP contribution in [0.25, 0.3) is 0 Å². The summed E-state index contributed by atoms with van der Waals surface area (Å²) in [6.45, 7) is 0.113. The van der Waals surface area contributed by atoms with Crippen LogP contribution in [0.4, 0.5) is 10.5 Å². The highest BCUT2D eigenvalue weighted by Gasteiger charge is 2.54. The number of aromatic hydroxyl groups is 1. The van der Waals surface area contributed by atoms with Crippen LogP contribution in [0.2, 0.25) is 10.1 Å². The van der Waals surface area contributed by atoms with Gasteiger partial charge in [-0.05, 0) is 37.8 Å². The molecule has 1 aromatic rings. The van der Waals surface area contributed by atoms with Crippen LogP contribution in [0.5, 0.6) is 5.75 Å². The van der Waals surface area contributed by atoms with Crippen molar-refractivity contribution in [1.29, 1.82) is 0 Å². The van der Waals surface area contributed by atoms with Crippen molar-refractivity contribution in [3.05, 3.63) is 28.3 Å². The number of hydrogen-bond acceptors (Lipinski definition) is 5. The lowest BCUT2D eigenvalue weighted by Crippen LogP contribution is -2.54. The first kappa shape index (κ1) is 24.4. The van der Waals surface area contributed by atoms with Gasteiger partial charge in [0.15, 0.2) is 15.6 Å². The summed E-state index contributed by atoms with van der Waals surface area (Å²) < 4.78 is 30.7. The maximum atomic E-state index is 13.7. The van der Waals surface area contributed by atoms with Gasteiger partial charge >= 0.3 is 6.03 Å². The summed E-state index contributed by atoms with van der Waals surface area (Å²) in [4.78, 5) is 11.7. The van der Waals surface area contributed by atoms with E-state index in [-0.39, 0.29) is 42.8 Å². The van der Waals surface area contributed by atoms with Gasteiger partial charge < -0.3 is 20.5 Å². The van der Waals surface area contributed by atoms with Crippen LogP contribution in [0.1, 0.15) is 25.7 Å². The summed E-state index contributed by atoms with van der Waals surface area (Å²) in [7, 11) is 13.2. The summed E-state index contributed by atoms with van der Waals surface area (Å²) in [5.74, 6) is -0.745. The third-order valence-electron chi connectivity index (χ3n) is 5.64. The number of phenols is 1. The van der Waals surface area contributed by atoms with E-state index >= 15 is 0 Å². The topological polar surface area (TPSA) is 105 Å². The number of hydrogen-bond donors (Lipinski definition) is 3. The number of sulfone groups is 1. The van der Waals surface area contributed by atoms with Crippen molar-refractivity contribution in [3.8, 4) is 5.75 Å². The quantitative estimate of drug-likeness (QED) is 0.445. The van der Waals surface area contributed by atoms with E-state index in [2.05, 4.69) is 10.6 Å². The van der Waals surface area contributed by atoms with E-state index in [1.54, 1.807) is 6.08 Å². The van der Waals surface area contributed by atoms with E-state index in [4.69, 9.17) is 51.5 Å². The molecular weight excluding hydrogens is 460 g/mol. The molecule has 7 nitrogen and oxygen atoms in total. The number of benzene rings is 1. The second-order valence-corrected chi connectivity index (χ2v) is 10.7. The Morgan fingerprint density at radius 1 is 1.23 bits per heavy atom. The molecule has 2 amide bonds. The monoisotopic (exact) mass is 478 g/mol. The fourth-order valence-corrected chi connectivity index (χ4v) is 6.84. The number of carbonyl (C=O) groups excluding carboxylic acids is 1. The fourth-order valence-electron chi connectivity index (χ4n) is 3.86. The van der Waals surface area contributed by atoms with Gasteiger partial charge in [0.2, 0.25) is 0 Å². The Hall–Kier alpha value is -1.29. The second kappa shape index (κ2) is 8.92. The predicted molar refractivity (Wildman–Crippen MR) is 122 cm³/mol. The molecule has 2 aliphatic rings. The summed E-state index contributed by atoms with van der Waals surface area (Å²) in [5.41, 5.74) is -0.169. The first-order valence-corrected chi connectivity index (χ1v) is 11.8. The molecule has 1 aliphatic heterocycles. The summed E-state index contributed by atoms with van der Waals surface area (Å²) in [5, 5.41) is 14.0. The minimum atomic E-state index is -4.47. The van der Waals surface area contributed by atoms with E-state index in [9.17, 15) is 18.3 Å². The van der Waals surface area contributed by atoms with Crippen LogP contribution >= 0.6 is 23.2 Å². The van der Waals surface area contributed by atoms with Gasteiger partial charge in [-0.2, -0.15) is 0 Å². The number of anilines is 1. The Kier molecular flexibility index (Phi) is 7.01. The van der Waals surface area contributed by atoms with Crippen LogP contribution in [0.15, 0.2) is 28.1 Å². The van der Waals surface area contributed by atoms with E-state index in [0.717, 1.165) is 6.42 Å². The van der Waals surface area contributed by atoms with Gasteiger partial charge in [-0.1, -0.05) is 29.3 Å². The minimum Gasteiger partial charge on any atom is -0.504 e. The molecule has 13 heteroatoms. The van der Waals surface area contributed by atoms with Crippen LogP contribution in [-0.4, -0.2) is 67.1 Å². The molecule has 31 heavy (non-hydrogen) atoms. The molecule has 1 aliphatic carbocycles. The zero-order valence-electron chi connectivity index (χ0n) is 16.5. The molecule has 0 spiro atoms. The molecule has 0 saturated carbocycles. The average Bonchev–Trinajstić information content (AvgIpc) is 3.08. The number of rotatable bonds is 5. The fraction of sp³-hybridized carbons (Fsp3) is 0.500. The highest BCUT2D eigenvalue weighted by Crippen LogP contribution is 2.51. The summed E-state index contributed by atoms with van der Waals surface area (Å²) in [6.07, 6.45) is 2.96. The van der Waals surface area contributed by atoms with Crippen molar-refractivity contribution >= 4 is 68.3 Å². The lowest BCUT2D eigenvalue weighted by molar-refractivity contribution is 0.0747. The lowest BCUT2D eigenvalue weighted by atomic mass is 9.36. The molecule has 0 unspecified atom stereocenters. The first-order chi connectivity index (χ1) is 14.4. The van der Waals surface area contributed by atoms with Crippen LogP contribution in [-0.2, 0) is 14.6 Å². The van der Waals surface area contributed by atoms with Crippen LogP contribution in [0.3, 0.4) is 0 Å². The SMILES string of the molecule is [B]C([B])([B])C1(S(=O)(=O)c2c(Cl)ccc(NC(=O)N[C@@H]3CCC=C3Cl)c2O)CCOCC1. The molecule has 0 aromatic heterocycles.